The first-order valence-electron chi connectivity index (χ1n) is 7.94. The fourth-order valence-corrected chi connectivity index (χ4v) is 3.68. The first-order valence-corrected chi connectivity index (χ1v) is 8.69. The summed E-state index contributed by atoms with van der Waals surface area (Å²) in [7, 11) is 0. The molecule has 0 atom stereocenters. The van der Waals surface area contributed by atoms with Gasteiger partial charge in [0.15, 0.2) is 0 Å². The van der Waals surface area contributed by atoms with E-state index in [0.29, 0.717) is 39.2 Å². The van der Waals surface area contributed by atoms with Crippen LogP contribution in [0.2, 0.25) is 10.2 Å². The number of aromatic nitrogens is 2. The molecule has 4 rings (SSSR count). The van der Waals surface area contributed by atoms with Crippen LogP contribution in [0.3, 0.4) is 0 Å². The molecule has 136 valence electrons. The number of aromatic amines is 1. The first-order chi connectivity index (χ1) is 12.9. The van der Waals surface area contributed by atoms with Crippen molar-refractivity contribution in [2.45, 2.75) is 6.92 Å². The molecule has 1 N–H and O–H groups in total. The van der Waals surface area contributed by atoms with Gasteiger partial charge >= 0.3 is 0 Å². The standard InChI is InChI=1S/C20H11Cl2F3N2/c1-9-4-15-18(12(21)8-26-15)20(17(9)10-2-3-16(22)27-7-10)19-13(24)5-11(23)6-14(19)25/h2-8,26H,1H3. The van der Waals surface area contributed by atoms with Gasteiger partial charge in [0, 0.05) is 46.6 Å². The second kappa shape index (κ2) is 6.59. The summed E-state index contributed by atoms with van der Waals surface area (Å²) in [6, 6.07) is 6.41. The summed E-state index contributed by atoms with van der Waals surface area (Å²) in [5.41, 5.74) is 2.38. The van der Waals surface area contributed by atoms with E-state index < -0.39 is 17.5 Å². The molecular weight excluding hydrogens is 396 g/mol. The van der Waals surface area contributed by atoms with Gasteiger partial charge in [-0.3, -0.25) is 0 Å². The molecule has 0 bridgehead atoms. The highest BCUT2D eigenvalue weighted by molar-refractivity contribution is 6.37. The molecular formula is C20H11Cl2F3N2. The van der Waals surface area contributed by atoms with Crippen molar-refractivity contribution < 1.29 is 13.2 Å². The molecule has 4 aromatic rings. The van der Waals surface area contributed by atoms with E-state index in [4.69, 9.17) is 23.2 Å². The van der Waals surface area contributed by atoms with Crippen molar-refractivity contribution in [2.75, 3.05) is 0 Å². The van der Waals surface area contributed by atoms with Gasteiger partial charge in [-0.1, -0.05) is 23.2 Å². The maximum atomic E-state index is 14.7. The minimum absolute atomic E-state index is 0.232. The zero-order valence-corrected chi connectivity index (χ0v) is 15.4. The van der Waals surface area contributed by atoms with Crippen LogP contribution in [0.1, 0.15) is 5.56 Å². The number of halogens is 5. The molecule has 0 unspecified atom stereocenters. The van der Waals surface area contributed by atoms with Gasteiger partial charge < -0.3 is 4.98 Å². The van der Waals surface area contributed by atoms with E-state index in [0.717, 1.165) is 5.56 Å². The number of hydrogen-bond acceptors (Lipinski definition) is 1. The Morgan fingerprint density at radius 1 is 0.926 bits per heavy atom. The van der Waals surface area contributed by atoms with Gasteiger partial charge in [0.05, 0.1) is 10.6 Å². The number of benzene rings is 2. The van der Waals surface area contributed by atoms with Crippen LogP contribution in [-0.4, -0.2) is 9.97 Å². The average Bonchev–Trinajstić information content (AvgIpc) is 2.95. The van der Waals surface area contributed by atoms with Crippen molar-refractivity contribution in [3.8, 4) is 22.3 Å². The summed E-state index contributed by atoms with van der Waals surface area (Å²) < 4.78 is 42.8. The normalized spacial score (nSPS) is 11.3. The van der Waals surface area contributed by atoms with Crippen molar-refractivity contribution in [3.05, 3.63) is 75.9 Å². The zero-order valence-electron chi connectivity index (χ0n) is 13.9. The Morgan fingerprint density at radius 2 is 1.63 bits per heavy atom. The molecule has 27 heavy (non-hydrogen) atoms. The van der Waals surface area contributed by atoms with E-state index >= 15 is 0 Å². The average molecular weight is 407 g/mol. The minimum Gasteiger partial charge on any atom is -0.360 e. The highest BCUT2D eigenvalue weighted by Gasteiger charge is 2.24. The number of rotatable bonds is 2. The van der Waals surface area contributed by atoms with Gasteiger partial charge in [-0.25, -0.2) is 18.2 Å². The lowest BCUT2D eigenvalue weighted by atomic mass is 9.88. The van der Waals surface area contributed by atoms with Crippen molar-refractivity contribution in [1.82, 2.24) is 9.97 Å². The van der Waals surface area contributed by atoms with E-state index in [1.807, 2.05) is 6.07 Å². The molecule has 0 aliphatic rings. The Labute approximate surface area is 162 Å². The molecule has 2 nitrogen and oxygen atoms in total. The van der Waals surface area contributed by atoms with Crippen LogP contribution in [0.25, 0.3) is 33.2 Å². The second-order valence-corrected chi connectivity index (χ2v) is 6.91. The monoisotopic (exact) mass is 406 g/mol. The Kier molecular flexibility index (Phi) is 4.36. The largest absolute Gasteiger partial charge is 0.360 e. The molecule has 0 radical (unpaired) electrons. The lowest BCUT2D eigenvalue weighted by Gasteiger charge is -2.17. The maximum absolute atomic E-state index is 14.7. The Bertz CT molecular complexity index is 1160. The van der Waals surface area contributed by atoms with Crippen LogP contribution in [0.4, 0.5) is 13.2 Å². The summed E-state index contributed by atoms with van der Waals surface area (Å²) >= 11 is 12.2. The Morgan fingerprint density at radius 3 is 2.26 bits per heavy atom. The summed E-state index contributed by atoms with van der Waals surface area (Å²) in [5.74, 6) is -3.02. The maximum Gasteiger partial charge on any atom is 0.136 e. The zero-order chi connectivity index (χ0) is 19.3. The summed E-state index contributed by atoms with van der Waals surface area (Å²) in [6.07, 6.45) is 3.05. The van der Waals surface area contributed by atoms with E-state index in [1.54, 1.807) is 25.3 Å². The fraction of sp³-hybridized carbons (Fsp3) is 0.0500. The predicted molar refractivity (Wildman–Crippen MR) is 102 cm³/mol. The molecule has 2 aromatic carbocycles. The van der Waals surface area contributed by atoms with Gasteiger partial charge in [0.1, 0.15) is 22.6 Å². The number of pyridine rings is 1. The molecule has 2 aromatic heterocycles. The van der Waals surface area contributed by atoms with Crippen LogP contribution in [0.5, 0.6) is 0 Å². The van der Waals surface area contributed by atoms with Crippen molar-refractivity contribution in [1.29, 1.82) is 0 Å². The van der Waals surface area contributed by atoms with Crippen LogP contribution in [0, 0.1) is 24.4 Å². The third-order valence-corrected chi connectivity index (χ3v) is 4.91. The molecule has 0 amide bonds. The highest BCUT2D eigenvalue weighted by Crippen LogP contribution is 2.44. The number of fused-ring (bicyclic) bond motifs is 1. The van der Waals surface area contributed by atoms with Gasteiger partial charge in [-0.05, 0) is 36.2 Å². The number of H-pyrrole nitrogens is 1. The summed E-state index contributed by atoms with van der Waals surface area (Å²) in [6.45, 7) is 1.81. The van der Waals surface area contributed by atoms with Gasteiger partial charge in [0.25, 0.3) is 0 Å². The lowest BCUT2D eigenvalue weighted by Crippen LogP contribution is -1.98. The molecule has 0 saturated heterocycles. The molecule has 2 heterocycles. The first kappa shape index (κ1) is 17.9. The SMILES string of the molecule is Cc1cc2[nH]cc(Cl)c2c(-c2c(F)cc(F)cc2F)c1-c1ccc(Cl)nc1. The number of hydrogen-bond donors (Lipinski definition) is 1. The topological polar surface area (TPSA) is 28.7 Å². The van der Waals surface area contributed by atoms with Crippen LogP contribution < -0.4 is 0 Å². The molecule has 0 fully saturated rings. The molecule has 0 saturated carbocycles. The van der Waals surface area contributed by atoms with Crippen molar-refractivity contribution in [3.63, 3.8) is 0 Å². The van der Waals surface area contributed by atoms with Gasteiger partial charge in [0.2, 0.25) is 0 Å². The highest BCUT2D eigenvalue weighted by atomic mass is 35.5. The quantitative estimate of drug-likeness (QED) is 0.359. The van der Waals surface area contributed by atoms with Gasteiger partial charge in [-0.2, -0.15) is 0 Å². The molecule has 0 spiro atoms. The molecule has 7 heteroatoms. The van der Waals surface area contributed by atoms with Crippen molar-refractivity contribution in [2.24, 2.45) is 0 Å². The number of aryl methyl sites for hydroxylation is 1. The van der Waals surface area contributed by atoms with Crippen LogP contribution in [-0.2, 0) is 0 Å². The summed E-state index contributed by atoms with van der Waals surface area (Å²) in [4.78, 5) is 7.05. The van der Waals surface area contributed by atoms with Crippen LogP contribution >= 0.6 is 23.2 Å². The van der Waals surface area contributed by atoms with E-state index in [1.165, 1.54) is 6.20 Å². The van der Waals surface area contributed by atoms with Crippen LogP contribution in [0.15, 0.2) is 42.7 Å². The Balaban J connectivity index is 2.19. The lowest BCUT2D eigenvalue weighted by molar-refractivity contribution is 0.548. The smallest absolute Gasteiger partial charge is 0.136 e. The van der Waals surface area contributed by atoms with E-state index in [2.05, 4.69) is 9.97 Å². The summed E-state index contributed by atoms with van der Waals surface area (Å²) in [5, 5.41) is 1.03. The van der Waals surface area contributed by atoms with Gasteiger partial charge in [-0.15, -0.1) is 0 Å². The number of nitrogens with zero attached hydrogens (tertiary/aromatic N) is 1. The minimum atomic E-state index is -1.01. The molecule has 0 aliphatic heterocycles. The predicted octanol–water partition coefficient (Wildman–Crippen LogP) is 6.93. The third kappa shape index (κ3) is 2.97. The Hall–Kier alpha value is -2.50. The second-order valence-electron chi connectivity index (χ2n) is 6.12. The number of nitrogens with one attached hydrogen (secondary N) is 1. The molecule has 0 aliphatic carbocycles. The fourth-order valence-electron chi connectivity index (χ4n) is 3.32. The van der Waals surface area contributed by atoms with Crippen molar-refractivity contribution >= 4 is 34.1 Å². The van der Waals surface area contributed by atoms with E-state index in [-0.39, 0.29) is 16.3 Å². The third-order valence-electron chi connectivity index (χ3n) is 4.39. The van der Waals surface area contributed by atoms with E-state index in [9.17, 15) is 13.2 Å².